The summed E-state index contributed by atoms with van der Waals surface area (Å²) in [5, 5.41) is 2.14. The number of rotatable bonds is 5. The standard InChI is InChI=1S/C13H18BrN5S/c1-8(2)11-12(18-15)16-7-17-13(11)19(3)5-9-4-10(14)20-6-9/h4,6-8H,5,15H2,1-3H3,(H,16,17,18). The molecule has 108 valence electrons. The number of hydrazine groups is 1. The Morgan fingerprint density at radius 2 is 2.20 bits per heavy atom. The van der Waals surface area contributed by atoms with Crippen molar-refractivity contribution in [3.05, 3.63) is 32.7 Å². The molecule has 0 saturated heterocycles. The minimum absolute atomic E-state index is 0.286. The van der Waals surface area contributed by atoms with Gasteiger partial charge >= 0.3 is 0 Å². The second-order valence-electron chi connectivity index (χ2n) is 4.87. The van der Waals surface area contributed by atoms with Gasteiger partial charge in [0.2, 0.25) is 0 Å². The molecule has 0 aliphatic carbocycles. The number of hydrogen-bond donors (Lipinski definition) is 2. The smallest absolute Gasteiger partial charge is 0.148 e. The fourth-order valence-corrected chi connectivity index (χ4v) is 3.31. The predicted molar refractivity (Wildman–Crippen MR) is 88.1 cm³/mol. The SMILES string of the molecule is CC(C)c1c(NN)ncnc1N(C)Cc1csc(Br)c1. The molecule has 0 aliphatic rings. The van der Waals surface area contributed by atoms with E-state index in [4.69, 9.17) is 5.84 Å². The van der Waals surface area contributed by atoms with Crippen LogP contribution in [-0.4, -0.2) is 17.0 Å². The van der Waals surface area contributed by atoms with Gasteiger partial charge < -0.3 is 10.3 Å². The highest BCUT2D eigenvalue weighted by Crippen LogP contribution is 2.31. The Hall–Kier alpha value is -1.18. The van der Waals surface area contributed by atoms with Crippen molar-refractivity contribution in [3.63, 3.8) is 0 Å². The summed E-state index contributed by atoms with van der Waals surface area (Å²) < 4.78 is 1.14. The van der Waals surface area contributed by atoms with Crippen molar-refractivity contribution in [2.75, 3.05) is 17.4 Å². The molecule has 2 heterocycles. The summed E-state index contributed by atoms with van der Waals surface area (Å²) in [4.78, 5) is 10.7. The third-order valence-electron chi connectivity index (χ3n) is 2.98. The van der Waals surface area contributed by atoms with E-state index in [0.717, 1.165) is 21.7 Å². The minimum atomic E-state index is 0.286. The second kappa shape index (κ2) is 6.51. The molecule has 0 fully saturated rings. The van der Waals surface area contributed by atoms with Gasteiger partial charge in [0.05, 0.1) is 3.79 Å². The van der Waals surface area contributed by atoms with Gasteiger partial charge in [-0.1, -0.05) is 13.8 Å². The molecular weight excluding hydrogens is 338 g/mol. The summed E-state index contributed by atoms with van der Waals surface area (Å²) in [6.45, 7) is 5.01. The molecular formula is C13H18BrN5S. The molecule has 0 aromatic carbocycles. The van der Waals surface area contributed by atoms with Gasteiger partial charge in [0, 0.05) is 19.2 Å². The van der Waals surface area contributed by atoms with E-state index in [-0.39, 0.29) is 5.92 Å². The largest absolute Gasteiger partial charge is 0.355 e. The molecule has 2 aromatic rings. The molecule has 0 bridgehead atoms. The van der Waals surface area contributed by atoms with Crippen molar-refractivity contribution in [2.45, 2.75) is 26.3 Å². The van der Waals surface area contributed by atoms with Crippen molar-refractivity contribution in [1.29, 1.82) is 0 Å². The van der Waals surface area contributed by atoms with Crippen molar-refractivity contribution >= 4 is 38.9 Å². The first-order valence-corrected chi connectivity index (χ1v) is 7.95. The van der Waals surface area contributed by atoms with Crippen molar-refractivity contribution in [2.24, 2.45) is 5.84 Å². The topological polar surface area (TPSA) is 67.1 Å². The monoisotopic (exact) mass is 355 g/mol. The van der Waals surface area contributed by atoms with Crippen LogP contribution < -0.4 is 16.2 Å². The number of aromatic nitrogens is 2. The van der Waals surface area contributed by atoms with E-state index < -0.39 is 0 Å². The Labute approximate surface area is 131 Å². The van der Waals surface area contributed by atoms with Crippen LogP contribution in [0.5, 0.6) is 0 Å². The summed E-state index contributed by atoms with van der Waals surface area (Å²) in [6, 6.07) is 2.12. The van der Waals surface area contributed by atoms with Gasteiger partial charge in [-0.2, -0.15) is 0 Å². The Balaban J connectivity index is 2.31. The quantitative estimate of drug-likeness (QED) is 0.635. The predicted octanol–water partition coefficient (Wildman–Crippen LogP) is 3.35. The zero-order chi connectivity index (χ0) is 14.7. The molecule has 0 atom stereocenters. The van der Waals surface area contributed by atoms with Gasteiger partial charge in [-0.3, -0.25) is 0 Å². The van der Waals surface area contributed by atoms with Crippen molar-refractivity contribution in [1.82, 2.24) is 9.97 Å². The number of nitrogens with zero attached hydrogens (tertiary/aromatic N) is 3. The van der Waals surface area contributed by atoms with E-state index in [0.29, 0.717) is 5.82 Å². The maximum absolute atomic E-state index is 5.55. The zero-order valence-electron chi connectivity index (χ0n) is 11.7. The molecule has 3 N–H and O–H groups in total. The van der Waals surface area contributed by atoms with Gasteiger partial charge in [0.15, 0.2) is 0 Å². The number of nitrogen functional groups attached to an aromatic ring is 1. The number of anilines is 2. The van der Waals surface area contributed by atoms with E-state index in [1.165, 1.54) is 11.9 Å². The first-order valence-electron chi connectivity index (χ1n) is 6.28. The lowest BCUT2D eigenvalue weighted by atomic mass is 10.0. The summed E-state index contributed by atoms with van der Waals surface area (Å²) in [5.41, 5.74) is 4.94. The number of thiophene rings is 1. The lowest BCUT2D eigenvalue weighted by Crippen LogP contribution is -2.22. The van der Waals surface area contributed by atoms with Crippen LogP contribution in [0.4, 0.5) is 11.6 Å². The first-order chi connectivity index (χ1) is 9.52. The van der Waals surface area contributed by atoms with Gasteiger partial charge in [0.25, 0.3) is 0 Å². The molecule has 2 rings (SSSR count). The van der Waals surface area contributed by atoms with Crippen molar-refractivity contribution in [3.8, 4) is 0 Å². The van der Waals surface area contributed by atoms with Gasteiger partial charge in [-0.05, 0) is 38.9 Å². The number of nitrogens with two attached hydrogens (primary N) is 1. The Morgan fingerprint density at radius 3 is 2.75 bits per heavy atom. The summed E-state index contributed by atoms with van der Waals surface area (Å²) >= 11 is 5.17. The molecule has 0 saturated carbocycles. The van der Waals surface area contributed by atoms with Gasteiger partial charge in [0.1, 0.15) is 18.0 Å². The fourth-order valence-electron chi connectivity index (χ4n) is 2.11. The van der Waals surface area contributed by atoms with Crippen LogP contribution in [0.15, 0.2) is 21.6 Å². The average Bonchev–Trinajstić information content (AvgIpc) is 2.82. The normalized spacial score (nSPS) is 10.9. The zero-order valence-corrected chi connectivity index (χ0v) is 14.1. The fraction of sp³-hybridized carbons (Fsp3) is 0.385. The number of hydrogen-bond acceptors (Lipinski definition) is 6. The Bertz CT molecular complexity index is 584. The highest BCUT2D eigenvalue weighted by molar-refractivity contribution is 9.11. The van der Waals surface area contributed by atoms with Gasteiger partial charge in [-0.25, -0.2) is 15.8 Å². The number of halogens is 1. The highest BCUT2D eigenvalue weighted by atomic mass is 79.9. The van der Waals surface area contributed by atoms with Crippen LogP contribution in [-0.2, 0) is 6.54 Å². The molecule has 20 heavy (non-hydrogen) atoms. The number of nitrogens with one attached hydrogen (secondary N) is 1. The van der Waals surface area contributed by atoms with Crippen LogP contribution in [0, 0.1) is 0 Å². The lowest BCUT2D eigenvalue weighted by Gasteiger charge is -2.23. The molecule has 0 spiro atoms. The summed E-state index contributed by atoms with van der Waals surface area (Å²) in [7, 11) is 2.03. The third-order valence-corrected chi connectivity index (χ3v) is 4.53. The van der Waals surface area contributed by atoms with E-state index in [1.54, 1.807) is 11.3 Å². The molecule has 0 amide bonds. The highest BCUT2D eigenvalue weighted by Gasteiger charge is 2.17. The molecule has 0 unspecified atom stereocenters. The van der Waals surface area contributed by atoms with Crippen LogP contribution in [0.3, 0.4) is 0 Å². The first kappa shape index (κ1) is 15.2. The second-order valence-corrected chi connectivity index (χ2v) is 7.16. The molecule has 0 radical (unpaired) electrons. The van der Waals surface area contributed by atoms with Crippen LogP contribution in [0.2, 0.25) is 0 Å². The molecule has 5 nitrogen and oxygen atoms in total. The molecule has 2 aromatic heterocycles. The van der Waals surface area contributed by atoms with Crippen LogP contribution >= 0.6 is 27.3 Å². The molecule has 7 heteroatoms. The lowest BCUT2D eigenvalue weighted by molar-refractivity contribution is 0.810. The summed E-state index contributed by atoms with van der Waals surface area (Å²) in [5.74, 6) is 7.43. The van der Waals surface area contributed by atoms with Gasteiger partial charge in [-0.15, -0.1) is 11.3 Å². The van der Waals surface area contributed by atoms with E-state index >= 15 is 0 Å². The van der Waals surface area contributed by atoms with Crippen LogP contribution in [0.25, 0.3) is 0 Å². The van der Waals surface area contributed by atoms with Crippen LogP contribution in [0.1, 0.15) is 30.9 Å². The average molecular weight is 356 g/mol. The summed E-state index contributed by atoms with van der Waals surface area (Å²) in [6.07, 6.45) is 1.54. The van der Waals surface area contributed by atoms with E-state index in [1.807, 2.05) is 7.05 Å². The Kier molecular flexibility index (Phi) is 4.95. The van der Waals surface area contributed by atoms with E-state index in [9.17, 15) is 0 Å². The van der Waals surface area contributed by atoms with Crippen molar-refractivity contribution < 1.29 is 0 Å². The maximum atomic E-state index is 5.55. The minimum Gasteiger partial charge on any atom is -0.355 e. The third kappa shape index (κ3) is 3.28. The molecule has 0 aliphatic heterocycles. The Morgan fingerprint density at radius 1 is 1.45 bits per heavy atom. The maximum Gasteiger partial charge on any atom is 0.148 e. The van der Waals surface area contributed by atoms with E-state index in [2.05, 4.69) is 61.5 Å².